The van der Waals surface area contributed by atoms with E-state index in [4.69, 9.17) is 18.9 Å². The summed E-state index contributed by atoms with van der Waals surface area (Å²) in [5, 5.41) is 10.2. The van der Waals surface area contributed by atoms with Gasteiger partial charge in [0.05, 0.1) is 6.10 Å². The van der Waals surface area contributed by atoms with Gasteiger partial charge in [-0.05, 0) is 6.92 Å². The smallest absolute Gasteiger partial charge is 0.303 e. The molecule has 1 fully saturated rings. The number of esters is 2. The van der Waals surface area contributed by atoms with Crippen LogP contribution in [0, 0.1) is 0 Å². The fourth-order valence-corrected chi connectivity index (χ4v) is 2.10. The van der Waals surface area contributed by atoms with Crippen molar-refractivity contribution in [3.8, 4) is 0 Å². The molecular weight excluding hydrogens is 256 g/mol. The first-order chi connectivity index (χ1) is 8.86. The van der Waals surface area contributed by atoms with E-state index in [1.165, 1.54) is 21.0 Å². The Morgan fingerprint density at radius 2 is 1.84 bits per heavy atom. The molecule has 0 amide bonds. The van der Waals surface area contributed by atoms with Crippen LogP contribution in [0.5, 0.6) is 0 Å². The summed E-state index contributed by atoms with van der Waals surface area (Å²) in [4.78, 5) is 21.8. The highest BCUT2D eigenvalue weighted by Crippen LogP contribution is 2.25. The second kappa shape index (κ2) is 6.83. The topological polar surface area (TPSA) is 91.3 Å². The Labute approximate surface area is 111 Å². The zero-order valence-electron chi connectivity index (χ0n) is 11.5. The van der Waals surface area contributed by atoms with Gasteiger partial charge in [-0.25, -0.2) is 0 Å². The van der Waals surface area contributed by atoms with E-state index in [1.54, 1.807) is 6.92 Å². The molecule has 110 valence electrons. The van der Waals surface area contributed by atoms with E-state index in [2.05, 4.69) is 0 Å². The molecule has 1 rings (SSSR count). The zero-order valence-corrected chi connectivity index (χ0v) is 11.5. The summed E-state index contributed by atoms with van der Waals surface area (Å²) in [6, 6.07) is 0. The summed E-state index contributed by atoms with van der Waals surface area (Å²) in [6.07, 6.45) is -3.72. The molecule has 7 nitrogen and oxygen atoms in total. The molecule has 0 bridgehead atoms. The lowest BCUT2D eigenvalue weighted by atomic mass is 9.95. The largest absolute Gasteiger partial charge is 0.463 e. The minimum absolute atomic E-state index is 0.0258. The lowest BCUT2D eigenvalue weighted by molar-refractivity contribution is -0.241. The number of aliphatic hydroxyl groups excluding tert-OH is 1. The van der Waals surface area contributed by atoms with Crippen LogP contribution >= 0.6 is 0 Å². The average molecular weight is 276 g/mol. The number of aliphatic hydroxyl groups is 1. The molecule has 5 atom stereocenters. The number of hydrogen-bond acceptors (Lipinski definition) is 7. The van der Waals surface area contributed by atoms with Crippen molar-refractivity contribution < 1.29 is 33.6 Å². The van der Waals surface area contributed by atoms with Gasteiger partial charge in [-0.3, -0.25) is 9.59 Å². The van der Waals surface area contributed by atoms with Crippen molar-refractivity contribution in [2.75, 3.05) is 13.7 Å². The van der Waals surface area contributed by atoms with Crippen molar-refractivity contribution in [3.63, 3.8) is 0 Å². The average Bonchev–Trinajstić information content (AvgIpc) is 2.31. The van der Waals surface area contributed by atoms with Crippen LogP contribution in [0.15, 0.2) is 0 Å². The third-order valence-corrected chi connectivity index (χ3v) is 2.92. The molecule has 1 heterocycles. The van der Waals surface area contributed by atoms with Crippen molar-refractivity contribution >= 4 is 11.9 Å². The Kier molecular flexibility index (Phi) is 5.71. The predicted octanol–water partition coefficient (Wildman–Crippen LogP) is -0.356. The fraction of sp³-hybridized carbons (Fsp3) is 0.833. The van der Waals surface area contributed by atoms with Crippen LogP contribution < -0.4 is 0 Å². The minimum atomic E-state index is -1.04. The lowest BCUT2D eigenvalue weighted by Crippen LogP contribution is -2.59. The lowest BCUT2D eigenvalue weighted by Gasteiger charge is -2.42. The Hall–Kier alpha value is -1.18. The van der Waals surface area contributed by atoms with Gasteiger partial charge >= 0.3 is 11.9 Å². The molecule has 0 saturated carbocycles. The number of methoxy groups -OCH3 is 1. The monoisotopic (exact) mass is 276 g/mol. The summed E-state index contributed by atoms with van der Waals surface area (Å²) in [5.41, 5.74) is 0. The Bertz CT molecular complexity index is 328. The molecule has 0 radical (unpaired) electrons. The number of hydrogen-bond donors (Lipinski definition) is 1. The molecule has 0 aromatic heterocycles. The van der Waals surface area contributed by atoms with E-state index in [0.717, 1.165) is 0 Å². The van der Waals surface area contributed by atoms with Gasteiger partial charge in [0, 0.05) is 21.0 Å². The maximum absolute atomic E-state index is 11.0. The SMILES string of the molecule is CO[C@H]1[C@H](O)[C@@H](OC(C)=O)[C@H](C)O[C@@H]1COC(C)=O. The minimum Gasteiger partial charge on any atom is -0.463 e. The molecule has 19 heavy (non-hydrogen) atoms. The second-order valence-electron chi connectivity index (χ2n) is 4.45. The van der Waals surface area contributed by atoms with Crippen LogP contribution in [0.3, 0.4) is 0 Å². The number of rotatable bonds is 4. The first-order valence-electron chi connectivity index (χ1n) is 6.03. The van der Waals surface area contributed by atoms with E-state index < -0.39 is 42.5 Å². The summed E-state index contributed by atoms with van der Waals surface area (Å²) in [5.74, 6) is -0.949. The highest BCUT2D eigenvalue weighted by molar-refractivity contribution is 5.66. The van der Waals surface area contributed by atoms with E-state index in [9.17, 15) is 14.7 Å². The van der Waals surface area contributed by atoms with Gasteiger partial charge in [-0.15, -0.1) is 0 Å². The molecule has 0 unspecified atom stereocenters. The highest BCUT2D eigenvalue weighted by Gasteiger charge is 2.45. The van der Waals surface area contributed by atoms with Crippen LogP contribution in [0.25, 0.3) is 0 Å². The predicted molar refractivity (Wildman–Crippen MR) is 63.3 cm³/mol. The van der Waals surface area contributed by atoms with Crippen molar-refractivity contribution in [2.24, 2.45) is 0 Å². The molecule has 1 aliphatic heterocycles. The molecule has 0 aromatic rings. The number of ether oxygens (including phenoxy) is 4. The maximum Gasteiger partial charge on any atom is 0.303 e. The van der Waals surface area contributed by atoms with Crippen LogP contribution in [0.1, 0.15) is 20.8 Å². The van der Waals surface area contributed by atoms with E-state index in [-0.39, 0.29) is 6.61 Å². The Balaban J connectivity index is 2.73. The molecule has 0 aromatic carbocycles. The molecule has 0 aliphatic carbocycles. The standard InChI is InChI=1S/C12H20O7/c1-6-11(19-8(3)14)10(15)12(16-4)9(18-6)5-17-7(2)13/h6,9-12,15H,5H2,1-4H3/t6-,9+,10+,11-,12+/m0/s1. The van der Waals surface area contributed by atoms with Crippen LogP contribution in [0.2, 0.25) is 0 Å². The van der Waals surface area contributed by atoms with Crippen molar-refractivity contribution in [3.05, 3.63) is 0 Å². The molecule has 1 aliphatic rings. The summed E-state index contributed by atoms with van der Waals surface area (Å²) >= 11 is 0. The molecule has 1 saturated heterocycles. The molecule has 1 N–H and O–H groups in total. The van der Waals surface area contributed by atoms with Gasteiger partial charge < -0.3 is 24.1 Å². The van der Waals surface area contributed by atoms with Gasteiger partial charge in [-0.1, -0.05) is 0 Å². The van der Waals surface area contributed by atoms with Gasteiger partial charge in [-0.2, -0.15) is 0 Å². The van der Waals surface area contributed by atoms with Crippen molar-refractivity contribution in [2.45, 2.75) is 51.3 Å². The van der Waals surface area contributed by atoms with Crippen LogP contribution in [-0.2, 0) is 28.5 Å². The first-order valence-corrected chi connectivity index (χ1v) is 6.03. The zero-order chi connectivity index (χ0) is 14.6. The van der Waals surface area contributed by atoms with Gasteiger partial charge in [0.1, 0.15) is 24.9 Å². The van der Waals surface area contributed by atoms with Crippen LogP contribution in [-0.4, -0.2) is 61.3 Å². The van der Waals surface area contributed by atoms with E-state index in [0.29, 0.717) is 0 Å². The number of carbonyl (C=O) groups excluding carboxylic acids is 2. The number of carbonyl (C=O) groups is 2. The molecule has 7 heteroatoms. The summed E-state index contributed by atoms with van der Waals surface area (Å²) in [6.45, 7) is 4.18. The van der Waals surface area contributed by atoms with Gasteiger partial charge in [0.15, 0.2) is 6.10 Å². The Morgan fingerprint density at radius 3 is 2.32 bits per heavy atom. The van der Waals surface area contributed by atoms with Gasteiger partial charge in [0.25, 0.3) is 0 Å². The maximum atomic E-state index is 11.0. The quantitative estimate of drug-likeness (QED) is 0.701. The van der Waals surface area contributed by atoms with E-state index in [1.807, 2.05) is 0 Å². The third-order valence-electron chi connectivity index (χ3n) is 2.92. The highest BCUT2D eigenvalue weighted by atomic mass is 16.6. The summed E-state index contributed by atoms with van der Waals surface area (Å²) in [7, 11) is 1.40. The molecule has 0 spiro atoms. The van der Waals surface area contributed by atoms with Gasteiger partial charge in [0.2, 0.25) is 0 Å². The summed E-state index contributed by atoms with van der Waals surface area (Å²) < 4.78 is 20.6. The fourth-order valence-electron chi connectivity index (χ4n) is 2.10. The second-order valence-corrected chi connectivity index (χ2v) is 4.45. The Morgan fingerprint density at radius 1 is 1.21 bits per heavy atom. The third kappa shape index (κ3) is 4.15. The first kappa shape index (κ1) is 15.9. The van der Waals surface area contributed by atoms with E-state index >= 15 is 0 Å². The molecular formula is C12H20O7. The van der Waals surface area contributed by atoms with Crippen LogP contribution in [0.4, 0.5) is 0 Å². The normalized spacial score (nSPS) is 34.7. The van der Waals surface area contributed by atoms with Crippen molar-refractivity contribution in [1.82, 2.24) is 0 Å². The van der Waals surface area contributed by atoms with Crippen molar-refractivity contribution in [1.29, 1.82) is 0 Å².